The molecule has 11 nitrogen and oxygen atoms in total. The second kappa shape index (κ2) is 10.9. The molecule has 3 atom stereocenters. The Kier molecular flexibility index (Phi) is 8.93. The number of imidazole rings is 1. The number of carboxylic acids is 1. The van der Waals surface area contributed by atoms with Gasteiger partial charge in [0.2, 0.25) is 11.8 Å². The van der Waals surface area contributed by atoms with Crippen LogP contribution in [0.15, 0.2) is 12.5 Å². The molecule has 0 fully saturated rings. The van der Waals surface area contributed by atoms with Crippen molar-refractivity contribution < 1.29 is 29.0 Å². The average molecular weight is 383 g/mol. The van der Waals surface area contributed by atoms with Crippen LogP contribution in [-0.2, 0) is 30.3 Å². The normalized spacial score (nSPS) is 13.9. The third-order valence-corrected chi connectivity index (χ3v) is 3.75. The third-order valence-electron chi connectivity index (χ3n) is 3.75. The lowest BCUT2D eigenvalue weighted by Gasteiger charge is -2.22. The van der Waals surface area contributed by atoms with Crippen molar-refractivity contribution in [2.45, 2.75) is 50.7 Å². The smallest absolute Gasteiger partial charge is 0.326 e. The van der Waals surface area contributed by atoms with Crippen molar-refractivity contribution in [1.29, 1.82) is 0 Å². The molecule has 6 N–H and O–H groups in total. The van der Waals surface area contributed by atoms with E-state index in [4.69, 9.17) is 5.73 Å². The Morgan fingerprint density at radius 3 is 2.44 bits per heavy atom. The highest BCUT2D eigenvalue weighted by atomic mass is 16.5. The number of H-pyrrole nitrogens is 1. The van der Waals surface area contributed by atoms with Crippen LogP contribution in [0.2, 0.25) is 0 Å². The monoisotopic (exact) mass is 383 g/mol. The molecule has 0 aliphatic heterocycles. The first-order chi connectivity index (χ1) is 12.8. The summed E-state index contributed by atoms with van der Waals surface area (Å²) in [6.07, 6.45) is 3.37. The summed E-state index contributed by atoms with van der Waals surface area (Å²) < 4.78 is 4.45. The predicted octanol–water partition coefficient (Wildman–Crippen LogP) is -1.30. The number of hydrogen-bond acceptors (Lipinski definition) is 7. The van der Waals surface area contributed by atoms with E-state index in [0.29, 0.717) is 12.1 Å². The minimum atomic E-state index is -1.22. The van der Waals surface area contributed by atoms with Gasteiger partial charge in [0.1, 0.15) is 12.1 Å². The molecular weight excluding hydrogens is 358 g/mol. The molecule has 1 rings (SSSR count). The van der Waals surface area contributed by atoms with Gasteiger partial charge in [-0.25, -0.2) is 9.78 Å². The fourth-order valence-corrected chi connectivity index (χ4v) is 2.28. The molecule has 150 valence electrons. The van der Waals surface area contributed by atoms with Crippen LogP contribution in [0.1, 0.15) is 31.9 Å². The van der Waals surface area contributed by atoms with Crippen LogP contribution in [0.25, 0.3) is 0 Å². The Morgan fingerprint density at radius 2 is 1.93 bits per heavy atom. The zero-order chi connectivity index (χ0) is 20.4. The van der Waals surface area contributed by atoms with E-state index in [1.54, 1.807) is 6.92 Å². The van der Waals surface area contributed by atoms with E-state index in [2.05, 4.69) is 25.3 Å². The van der Waals surface area contributed by atoms with Gasteiger partial charge in [0, 0.05) is 18.3 Å². The van der Waals surface area contributed by atoms with Crippen LogP contribution in [0.4, 0.5) is 0 Å². The molecule has 0 aliphatic rings. The van der Waals surface area contributed by atoms with Gasteiger partial charge in [-0.1, -0.05) is 13.3 Å². The van der Waals surface area contributed by atoms with Crippen molar-refractivity contribution >= 4 is 23.8 Å². The Labute approximate surface area is 156 Å². The summed E-state index contributed by atoms with van der Waals surface area (Å²) in [6, 6.07) is -3.35. The largest absolute Gasteiger partial charge is 0.480 e. The first-order valence-electron chi connectivity index (χ1n) is 8.41. The summed E-state index contributed by atoms with van der Waals surface area (Å²) in [4.78, 5) is 53.8. The number of carboxylic acid groups (broad SMARTS) is 1. The summed E-state index contributed by atoms with van der Waals surface area (Å²) >= 11 is 0. The van der Waals surface area contributed by atoms with Crippen molar-refractivity contribution in [2.75, 3.05) is 7.11 Å². The highest BCUT2D eigenvalue weighted by Crippen LogP contribution is 2.03. The quantitative estimate of drug-likeness (QED) is 0.293. The van der Waals surface area contributed by atoms with Gasteiger partial charge in [-0.15, -0.1) is 0 Å². The number of aromatic amines is 1. The molecule has 0 bridgehead atoms. The molecule has 1 aromatic heterocycles. The molecule has 0 radical (unpaired) electrons. The molecule has 0 spiro atoms. The van der Waals surface area contributed by atoms with Crippen LogP contribution in [0.3, 0.4) is 0 Å². The number of ether oxygens (including phenoxy) is 1. The summed E-state index contributed by atoms with van der Waals surface area (Å²) in [6.45, 7) is 1.81. The van der Waals surface area contributed by atoms with Crippen molar-refractivity contribution in [1.82, 2.24) is 20.6 Å². The molecule has 2 amide bonds. The number of methoxy groups -OCH3 is 1. The van der Waals surface area contributed by atoms with Gasteiger partial charge in [-0.3, -0.25) is 14.4 Å². The van der Waals surface area contributed by atoms with Crippen LogP contribution in [0.5, 0.6) is 0 Å². The molecule has 0 saturated carbocycles. The predicted molar refractivity (Wildman–Crippen MR) is 93.3 cm³/mol. The fourth-order valence-electron chi connectivity index (χ4n) is 2.28. The van der Waals surface area contributed by atoms with E-state index < -0.39 is 41.9 Å². The highest BCUT2D eigenvalue weighted by molar-refractivity contribution is 5.93. The Bertz CT molecular complexity index is 648. The molecule has 0 saturated heterocycles. The van der Waals surface area contributed by atoms with Crippen molar-refractivity contribution in [3.63, 3.8) is 0 Å². The maximum Gasteiger partial charge on any atom is 0.326 e. The van der Waals surface area contributed by atoms with Crippen LogP contribution in [-0.4, -0.2) is 64.1 Å². The van der Waals surface area contributed by atoms with Crippen molar-refractivity contribution in [3.8, 4) is 0 Å². The van der Waals surface area contributed by atoms with Gasteiger partial charge in [-0.05, 0) is 6.42 Å². The lowest BCUT2D eigenvalue weighted by Crippen LogP contribution is -2.55. The summed E-state index contributed by atoms with van der Waals surface area (Å²) in [5.41, 5.74) is 6.17. The molecule has 0 aromatic carbocycles. The van der Waals surface area contributed by atoms with Crippen LogP contribution < -0.4 is 16.4 Å². The number of hydrogen-bond donors (Lipinski definition) is 5. The molecule has 11 heteroatoms. The molecule has 3 unspecified atom stereocenters. The molecular formula is C16H25N5O6. The number of esters is 1. The second-order valence-corrected chi connectivity index (χ2v) is 5.92. The van der Waals surface area contributed by atoms with Gasteiger partial charge in [0.05, 0.1) is 25.9 Å². The van der Waals surface area contributed by atoms with E-state index in [0.717, 1.165) is 0 Å². The van der Waals surface area contributed by atoms with Gasteiger partial charge in [-0.2, -0.15) is 0 Å². The van der Waals surface area contributed by atoms with Gasteiger partial charge >= 0.3 is 11.9 Å². The van der Waals surface area contributed by atoms with Crippen LogP contribution >= 0.6 is 0 Å². The number of nitrogens with one attached hydrogen (secondary N) is 3. The number of nitrogens with zero attached hydrogens (tertiary/aromatic N) is 1. The third kappa shape index (κ3) is 7.44. The maximum absolute atomic E-state index is 12.5. The number of rotatable bonds is 11. The van der Waals surface area contributed by atoms with E-state index in [9.17, 15) is 24.3 Å². The standard InChI is InChI=1S/C16H25N5O6/c1-3-4-11(20-14(23)10(17)6-13(22)27-2)15(24)21-12(16(25)26)5-9-7-18-8-19-9/h7-8,10-12H,3-6,17H2,1-2H3,(H,18,19)(H,20,23)(H,21,24)(H,25,26). The lowest BCUT2D eigenvalue weighted by molar-refractivity contribution is -0.143. The Hall–Kier alpha value is -2.95. The Morgan fingerprint density at radius 1 is 1.26 bits per heavy atom. The maximum atomic E-state index is 12.5. The van der Waals surface area contributed by atoms with Crippen molar-refractivity contribution in [2.24, 2.45) is 5.73 Å². The summed E-state index contributed by atoms with van der Waals surface area (Å²) in [7, 11) is 1.17. The lowest BCUT2D eigenvalue weighted by atomic mass is 10.1. The summed E-state index contributed by atoms with van der Waals surface area (Å²) in [5, 5.41) is 14.2. The zero-order valence-electron chi connectivity index (χ0n) is 15.2. The summed E-state index contributed by atoms with van der Waals surface area (Å²) in [5.74, 6) is -3.22. The second-order valence-electron chi connectivity index (χ2n) is 5.92. The number of carbonyl (C=O) groups excluding carboxylic acids is 3. The first kappa shape index (κ1) is 22.1. The van der Waals surface area contributed by atoms with E-state index >= 15 is 0 Å². The fraction of sp³-hybridized carbons (Fsp3) is 0.562. The Balaban J connectivity index is 2.73. The zero-order valence-corrected chi connectivity index (χ0v) is 15.2. The molecule has 0 aliphatic carbocycles. The van der Waals surface area contributed by atoms with Crippen LogP contribution in [0, 0.1) is 0 Å². The molecule has 1 heterocycles. The number of aliphatic carboxylic acids is 1. The SMILES string of the molecule is CCCC(NC(=O)C(N)CC(=O)OC)C(=O)NC(Cc1cnc[nH]1)C(=O)O. The first-order valence-corrected chi connectivity index (χ1v) is 8.41. The minimum Gasteiger partial charge on any atom is -0.480 e. The van der Waals surface area contributed by atoms with E-state index in [1.165, 1.54) is 19.6 Å². The van der Waals surface area contributed by atoms with E-state index in [1.807, 2.05) is 0 Å². The molecule has 27 heavy (non-hydrogen) atoms. The number of carbonyl (C=O) groups is 4. The number of aromatic nitrogens is 2. The van der Waals surface area contributed by atoms with Gasteiger partial charge < -0.3 is 31.2 Å². The van der Waals surface area contributed by atoms with Crippen molar-refractivity contribution in [3.05, 3.63) is 18.2 Å². The average Bonchev–Trinajstić information content (AvgIpc) is 3.13. The number of nitrogens with two attached hydrogens (primary N) is 1. The highest BCUT2D eigenvalue weighted by Gasteiger charge is 2.28. The van der Waals surface area contributed by atoms with E-state index in [-0.39, 0.29) is 19.3 Å². The van der Waals surface area contributed by atoms with Gasteiger partial charge in [0.25, 0.3) is 0 Å². The van der Waals surface area contributed by atoms with Gasteiger partial charge in [0.15, 0.2) is 0 Å². The number of amides is 2. The molecule has 1 aromatic rings. The minimum absolute atomic E-state index is 0.00964. The topological polar surface area (TPSA) is 176 Å².